The van der Waals surface area contributed by atoms with Crippen molar-refractivity contribution in [1.29, 1.82) is 0 Å². The summed E-state index contributed by atoms with van der Waals surface area (Å²) in [6, 6.07) is 4.76. The Morgan fingerprint density at radius 1 is 1.25 bits per heavy atom. The number of ether oxygens (including phenoxy) is 1. The lowest BCUT2D eigenvalue weighted by Gasteiger charge is -2.26. The van der Waals surface area contributed by atoms with E-state index >= 15 is 0 Å². The first kappa shape index (κ1) is 24.9. The number of carbonyl (C=O) groups excluding carboxylic acids is 1. The second-order valence-electron chi connectivity index (χ2n) is 9.85. The summed E-state index contributed by atoms with van der Waals surface area (Å²) in [4.78, 5) is 30.7. The third kappa shape index (κ3) is 4.77. The molecule has 1 saturated heterocycles. The van der Waals surface area contributed by atoms with Gasteiger partial charge in [0.2, 0.25) is 0 Å². The summed E-state index contributed by atoms with van der Waals surface area (Å²) in [5.74, 6) is 2.03. The van der Waals surface area contributed by atoms with Gasteiger partial charge in [-0.2, -0.15) is 0 Å². The van der Waals surface area contributed by atoms with Gasteiger partial charge in [-0.25, -0.2) is 15.0 Å². The van der Waals surface area contributed by atoms with Gasteiger partial charge in [0.25, 0.3) is 5.91 Å². The molecule has 3 aromatic heterocycles. The van der Waals surface area contributed by atoms with Crippen molar-refractivity contribution in [2.75, 3.05) is 44.0 Å². The van der Waals surface area contributed by atoms with Crippen molar-refractivity contribution in [2.24, 2.45) is 5.92 Å². The third-order valence-electron chi connectivity index (χ3n) is 7.28. The second kappa shape index (κ2) is 10.3. The molecule has 2 aliphatic rings. The molecule has 192 valence electrons. The molecule has 5 rings (SSSR count). The Hall–Kier alpha value is -2.82. The van der Waals surface area contributed by atoms with Crippen molar-refractivity contribution in [3.8, 4) is 0 Å². The Balaban J connectivity index is 1.27. The van der Waals surface area contributed by atoms with E-state index in [4.69, 9.17) is 15.5 Å². The fourth-order valence-corrected chi connectivity index (χ4v) is 6.68. The van der Waals surface area contributed by atoms with Crippen LogP contribution in [0.15, 0.2) is 12.1 Å². The van der Waals surface area contributed by atoms with Gasteiger partial charge in [-0.3, -0.25) is 4.79 Å². The van der Waals surface area contributed by atoms with Crippen LogP contribution in [0.1, 0.15) is 45.8 Å². The minimum Gasteiger partial charge on any atom is -0.397 e. The molecule has 9 nitrogen and oxygen atoms in total. The van der Waals surface area contributed by atoms with Gasteiger partial charge in [-0.15, -0.1) is 11.3 Å². The number of aromatic nitrogens is 3. The number of hydrogen-bond acceptors (Lipinski definition) is 9. The van der Waals surface area contributed by atoms with Crippen molar-refractivity contribution in [1.82, 2.24) is 25.6 Å². The molecule has 0 saturated carbocycles. The summed E-state index contributed by atoms with van der Waals surface area (Å²) in [6.07, 6.45) is 2.46. The average molecular weight is 510 g/mol. The summed E-state index contributed by atoms with van der Waals surface area (Å²) in [7, 11) is 1.77. The van der Waals surface area contributed by atoms with Crippen molar-refractivity contribution < 1.29 is 9.53 Å². The standard InChI is InChI=1S/C26H35N7O2S/c1-5-28-20-12-33(11-17(20)13-35-4)21-9-6-16-10-18(7-8-19(16)32-21)31-25(34)24-23(27)22-14(2)29-15(3)30-26(22)36-24/h6,9,17-18,20,28H,5,7-8,10-13,27H2,1-4H3,(H,31,34). The number of carbonyl (C=O) groups is 1. The highest BCUT2D eigenvalue weighted by atomic mass is 32.1. The largest absolute Gasteiger partial charge is 0.397 e. The summed E-state index contributed by atoms with van der Waals surface area (Å²) < 4.78 is 5.45. The summed E-state index contributed by atoms with van der Waals surface area (Å²) in [5, 5.41) is 7.58. The van der Waals surface area contributed by atoms with E-state index in [0.29, 0.717) is 28.3 Å². The highest BCUT2D eigenvalue weighted by Gasteiger charge is 2.33. The summed E-state index contributed by atoms with van der Waals surface area (Å²) in [6.45, 7) is 9.47. The number of nitrogens with one attached hydrogen (secondary N) is 2. The van der Waals surface area contributed by atoms with E-state index in [-0.39, 0.29) is 11.9 Å². The number of fused-ring (bicyclic) bond motifs is 2. The number of nitrogens with zero attached hydrogens (tertiary/aromatic N) is 4. The first-order chi connectivity index (χ1) is 17.4. The quantitative estimate of drug-likeness (QED) is 0.445. The molecule has 36 heavy (non-hydrogen) atoms. The number of likely N-dealkylation sites (N-methyl/N-ethyl adjacent to an activating group) is 1. The smallest absolute Gasteiger partial charge is 0.263 e. The number of methoxy groups -OCH3 is 1. The van der Waals surface area contributed by atoms with Crippen LogP contribution >= 0.6 is 11.3 Å². The van der Waals surface area contributed by atoms with Crippen molar-refractivity contribution in [2.45, 2.75) is 52.1 Å². The number of pyridine rings is 1. The van der Waals surface area contributed by atoms with E-state index in [1.165, 1.54) is 16.9 Å². The van der Waals surface area contributed by atoms with Gasteiger partial charge < -0.3 is 26.0 Å². The molecule has 0 bridgehead atoms. The monoisotopic (exact) mass is 509 g/mol. The van der Waals surface area contributed by atoms with Gasteiger partial charge in [0.05, 0.1) is 23.4 Å². The van der Waals surface area contributed by atoms with E-state index in [1.54, 1.807) is 7.11 Å². The number of nitrogen functional groups attached to an aromatic ring is 1. The van der Waals surface area contributed by atoms with Crippen LogP contribution in [-0.4, -0.2) is 66.3 Å². The van der Waals surface area contributed by atoms with E-state index in [9.17, 15) is 4.79 Å². The molecular formula is C26H35N7O2S. The van der Waals surface area contributed by atoms with E-state index < -0.39 is 0 Å². The Kier molecular flexibility index (Phi) is 7.09. The number of aryl methyl sites for hydroxylation is 3. The number of anilines is 2. The predicted octanol–water partition coefficient (Wildman–Crippen LogP) is 2.63. The number of hydrogen-bond donors (Lipinski definition) is 3. The molecule has 1 aliphatic carbocycles. The Labute approximate surface area is 215 Å². The van der Waals surface area contributed by atoms with Crippen LogP contribution in [0.3, 0.4) is 0 Å². The molecule has 10 heteroatoms. The van der Waals surface area contributed by atoms with Crippen molar-refractivity contribution in [3.63, 3.8) is 0 Å². The van der Waals surface area contributed by atoms with Crippen LogP contribution in [-0.2, 0) is 17.6 Å². The van der Waals surface area contributed by atoms with Gasteiger partial charge in [0.1, 0.15) is 21.3 Å². The summed E-state index contributed by atoms with van der Waals surface area (Å²) >= 11 is 1.34. The van der Waals surface area contributed by atoms with Crippen LogP contribution in [0.2, 0.25) is 0 Å². The predicted molar refractivity (Wildman–Crippen MR) is 144 cm³/mol. The molecule has 4 N–H and O–H groups in total. The minimum atomic E-state index is -0.138. The zero-order valence-corrected chi connectivity index (χ0v) is 22.2. The van der Waals surface area contributed by atoms with Gasteiger partial charge in [0, 0.05) is 43.9 Å². The molecule has 4 heterocycles. The van der Waals surface area contributed by atoms with Crippen LogP contribution in [0, 0.1) is 19.8 Å². The van der Waals surface area contributed by atoms with Gasteiger partial charge >= 0.3 is 0 Å². The number of rotatable bonds is 7. The van der Waals surface area contributed by atoms with Gasteiger partial charge in [-0.1, -0.05) is 13.0 Å². The van der Waals surface area contributed by atoms with Gasteiger partial charge in [0.15, 0.2) is 0 Å². The fraction of sp³-hybridized carbons (Fsp3) is 0.538. The maximum Gasteiger partial charge on any atom is 0.263 e. The number of thiophene rings is 1. The zero-order valence-electron chi connectivity index (χ0n) is 21.4. The molecular weight excluding hydrogens is 474 g/mol. The molecule has 3 atom stereocenters. The zero-order chi connectivity index (χ0) is 25.4. The number of amides is 1. The van der Waals surface area contributed by atoms with Crippen LogP contribution in [0.5, 0.6) is 0 Å². The summed E-state index contributed by atoms with van der Waals surface area (Å²) in [5.41, 5.74) is 9.97. The van der Waals surface area contributed by atoms with Gasteiger partial charge in [-0.05, 0) is 51.3 Å². The fourth-order valence-electron chi connectivity index (χ4n) is 5.58. The molecule has 3 unspecified atom stereocenters. The first-order valence-corrected chi connectivity index (χ1v) is 13.5. The third-order valence-corrected chi connectivity index (χ3v) is 8.38. The molecule has 0 spiro atoms. The molecule has 1 fully saturated rings. The first-order valence-electron chi connectivity index (χ1n) is 12.7. The Bertz CT molecular complexity index is 1260. The lowest BCUT2D eigenvalue weighted by atomic mass is 9.91. The Morgan fingerprint density at radius 3 is 2.86 bits per heavy atom. The SMILES string of the molecule is CCNC1CN(c2ccc3c(n2)CCC(NC(=O)c2sc4nc(C)nc(C)c4c2N)C3)CC1COC. The topological polar surface area (TPSA) is 118 Å². The van der Waals surface area contributed by atoms with Crippen molar-refractivity contribution in [3.05, 3.63) is 39.8 Å². The maximum absolute atomic E-state index is 13.1. The molecule has 0 aromatic carbocycles. The van der Waals surface area contributed by atoms with E-state index in [0.717, 1.165) is 72.9 Å². The lowest BCUT2D eigenvalue weighted by molar-refractivity contribution is 0.0938. The van der Waals surface area contributed by atoms with Crippen LogP contribution in [0.25, 0.3) is 10.2 Å². The van der Waals surface area contributed by atoms with E-state index in [2.05, 4.69) is 44.6 Å². The number of nitrogens with two attached hydrogens (primary N) is 1. The minimum absolute atomic E-state index is 0.0483. The molecule has 1 aliphatic heterocycles. The highest BCUT2D eigenvalue weighted by molar-refractivity contribution is 7.21. The highest BCUT2D eigenvalue weighted by Crippen LogP contribution is 2.34. The second-order valence-corrected chi connectivity index (χ2v) is 10.9. The molecule has 3 aromatic rings. The normalized spacial score (nSPS) is 21.7. The molecule has 0 radical (unpaired) electrons. The Morgan fingerprint density at radius 2 is 2.08 bits per heavy atom. The van der Waals surface area contributed by atoms with Crippen LogP contribution in [0.4, 0.5) is 11.5 Å². The maximum atomic E-state index is 13.1. The van der Waals surface area contributed by atoms with E-state index in [1.807, 2.05) is 13.8 Å². The lowest BCUT2D eigenvalue weighted by Crippen LogP contribution is -2.39. The van der Waals surface area contributed by atoms with Crippen LogP contribution < -0.4 is 21.3 Å². The average Bonchev–Trinajstić information content (AvgIpc) is 3.40. The molecule has 1 amide bonds. The van der Waals surface area contributed by atoms with Crippen molar-refractivity contribution >= 4 is 39.0 Å².